The topological polar surface area (TPSA) is 78.5 Å². The van der Waals surface area contributed by atoms with Crippen LogP contribution in [0.1, 0.15) is 58.2 Å². The second kappa shape index (κ2) is 9.40. The summed E-state index contributed by atoms with van der Waals surface area (Å²) in [5.74, 6) is 1.59. The number of para-hydroxylation sites is 1. The van der Waals surface area contributed by atoms with E-state index in [1.165, 1.54) is 0 Å². The third-order valence-corrected chi connectivity index (χ3v) is 6.77. The van der Waals surface area contributed by atoms with E-state index in [9.17, 15) is 9.59 Å². The van der Waals surface area contributed by atoms with E-state index >= 15 is 0 Å². The number of H-pyrrole nitrogens is 1. The number of ether oxygens (including phenoxy) is 1. The first-order valence-corrected chi connectivity index (χ1v) is 12.0. The molecule has 1 aromatic heterocycles. The second-order valence-electron chi connectivity index (χ2n) is 10.1. The average Bonchev–Trinajstić information content (AvgIpc) is 2.74. The van der Waals surface area contributed by atoms with Crippen LogP contribution in [0.3, 0.4) is 0 Å². The van der Waals surface area contributed by atoms with Crippen LogP contribution in [0.25, 0.3) is 10.9 Å². The van der Waals surface area contributed by atoms with Gasteiger partial charge in [0.05, 0.1) is 15.9 Å². The highest BCUT2D eigenvalue weighted by Crippen LogP contribution is 2.29. The van der Waals surface area contributed by atoms with Gasteiger partial charge in [0.25, 0.3) is 5.56 Å². The number of amides is 1. The Kier molecular flexibility index (Phi) is 6.77. The Morgan fingerprint density at radius 1 is 1.16 bits per heavy atom. The third kappa shape index (κ3) is 5.44. The Hall–Kier alpha value is -2.12. The highest BCUT2D eigenvalue weighted by Gasteiger charge is 2.29. The summed E-state index contributed by atoms with van der Waals surface area (Å²) in [7, 11) is 0. The maximum Gasteiger partial charge on any atom is 0.410 e. The molecule has 1 aromatic carbocycles. The lowest BCUT2D eigenvalue weighted by atomic mass is 9.92. The summed E-state index contributed by atoms with van der Waals surface area (Å²) in [4.78, 5) is 36.8. The third-order valence-electron chi connectivity index (χ3n) is 6.46. The molecule has 1 amide bonds. The van der Waals surface area contributed by atoms with E-state index < -0.39 is 5.60 Å². The molecule has 0 radical (unpaired) electrons. The molecule has 2 saturated heterocycles. The van der Waals surface area contributed by atoms with Crippen molar-refractivity contribution in [2.24, 2.45) is 5.92 Å². The zero-order chi connectivity index (χ0) is 22.9. The van der Waals surface area contributed by atoms with Crippen LogP contribution in [-0.2, 0) is 4.74 Å². The van der Waals surface area contributed by atoms with Crippen molar-refractivity contribution in [2.45, 2.75) is 58.0 Å². The molecule has 3 heterocycles. The van der Waals surface area contributed by atoms with Crippen LogP contribution in [0.4, 0.5) is 4.79 Å². The monoisotopic (exact) mass is 460 g/mol. The number of carbonyl (C=O) groups excluding carboxylic acids is 1. The smallest absolute Gasteiger partial charge is 0.410 e. The lowest BCUT2D eigenvalue weighted by Gasteiger charge is -2.37. The summed E-state index contributed by atoms with van der Waals surface area (Å²) < 4.78 is 5.50. The minimum Gasteiger partial charge on any atom is -0.444 e. The van der Waals surface area contributed by atoms with Gasteiger partial charge in [-0.2, -0.15) is 0 Å². The predicted molar refractivity (Wildman–Crippen MR) is 126 cm³/mol. The first kappa shape index (κ1) is 23.1. The zero-order valence-electron chi connectivity index (χ0n) is 19.2. The number of hydrogen-bond acceptors (Lipinski definition) is 5. The summed E-state index contributed by atoms with van der Waals surface area (Å²) in [6, 6.07) is 5.31. The molecular weight excluding hydrogens is 428 g/mol. The molecule has 4 rings (SSSR count). The fraction of sp³-hybridized carbons (Fsp3) is 0.625. The Labute approximate surface area is 194 Å². The van der Waals surface area contributed by atoms with Gasteiger partial charge in [0.15, 0.2) is 0 Å². The van der Waals surface area contributed by atoms with Gasteiger partial charge in [0, 0.05) is 25.6 Å². The second-order valence-corrected chi connectivity index (χ2v) is 10.5. The fourth-order valence-electron chi connectivity index (χ4n) is 4.72. The summed E-state index contributed by atoms with van der Waals surface area (Å²) in [5, 5.41) is 1.06. The molecule has 0 unspecified atom stereocenters. The van der Waals surface area contributed by atoms with Crippen LogP contribution in [0, 0.1) is 5.92 Å². The molecule has 0 aliphatic carbocycles. The van der Waals surface area contributed by atoms with Gasteiger partial charge in [0.2, 0.25) is 0 Å². The van der Waals surface area contributed by atoms with Crippen molar-refractivity contribution in [3.05, 3.63) is 39.4 Å². The van der Waals surface area contributed by atoms with Crippen molar-refractivity contribution in [2.75, 3.05) is 32.7 Å². The molecule has 2 aliphatic heterocycles. The van der Waals surface area contributed by atoms with Crippen LogP contribution < -0.4 is 5.56 Å². The Balaban J connectivity index is 1.28. The van der Waals surface area contributed by atoms with Gasteiger partial charge in [-0.05, 0) is 77.6 Å². The molecule has 2 aromatic rings. The number of hydrogen-bond donors (Lipinski definition) is 1. The minimum atomic E-state index is -0.451. The largest absolute Gasteiger partial charge is 0.444 e. The number of rotatable bonds is 3. The number of carbonyl (C=O) groups is 1. The van der Waals surface area contributed by atoms with Crippen LogP contribution >= 0.6 is 11.6 Å². The Morgan fingerprint density at radius 3 is 2.50 bits per heavy atom. The summed E-state index contributed by atoms with van der Waals surface area (Å²) in [6.45, 7) is 10.3. The van der Waals surface area contributed by atoms with Gasteiger partial charge in [-0.1, -0.05) is 17.7 Å². The molecule has 1 N–H and O–H groups in total. The minimum absolute atomic E-state index is 0.119. The number of aromatic nitrogens is 2. The van der Waals surface area contributed by atoms with Gasteiger partial charge in [0.1, 0.15) is 11.4 Å². The van der Waals surface area contributed by atoms with Gasteiger partial charge in [-0.3, -0.25) is 4.79 Å². The van der Waals surface area contributed by atoms with E-state index in [4.69, 9.17) is 21.3 Å². The highest BCUT2D eigenvalue weighted by molar-refractivity contribution is 6.34. The number of nitrogens with one attached hydrogen (secondary N) is 1. The maximum atomic E-state index is 12.5. The number of nitrogens with zero attached hydrogens (tertiary/aromatic N) is 3. The van der Waals surface area contributed by atoms with Crippen LogP contribution in [0.15, 0.2) is 23.0 Å². The van der Waals surface area contributed by atoms with Crippen molar-refractivity contribution in [3.8, 4) is 0 Å². The molecule has 0 saturated carbocycles. The molecule has 2 aliphatic rings. The summed E-state index contributed by atoms with van der Waals surface area (Å²) in [5.41, 5.74) is 0.0205. The SMILES string of the molecule is CC(C)(C)OC(=O)N1CCC(CN2CCC(c3nc4c(Cl)cccc4c(=O)[nH]3)CC2)CC1. The lowest BCUT2D eigenvalue weighted by Crippen LogP contribution is -2.44. The van der Waals surface area contributed by atoms with E-state index in [2.05, 4.69) is 9.88 Å². The number of fused-ring (bicyclic) bond motifs is 1. The van der Waals surface area contributed by atoms with Crippen LogP contribution in [0.2, 0.25) is 5.02 Å². The Morgan fingerprint density at radius 2 is 1.84 bits per heavy atom. The standard InChI is InChI=1S/C24H33ClN4O3/c1-24(2,3)32-23(31)29-13-7-16(8-14-29)15-28-11-9-17(10-12-28)21-26-20-18(22(30)27-21)5-4-6-19(20)25/h4-6,16-17H,7-15H2,1-3H3,(H,26,27,30). The number of piperidine rings is 2. The number of likely N-dealkylation sites (tertiary alicyclic amines) is 2. The number of halogens is 1. The van der Waals surface area contributed by atoms with Gasteiger partial charge >= 0.3 is 6.09 Å². The molecule has 2 fully saturated rings. The molecule has 0 bridgehead atoms. The molecule has 32 heavy (non-hydrogen) atoms. The molecule has 0 atom stereocenters. The molecule has 7 nitrogen and oxygen atoms in total. The summed E-state index contributed by atoms with van der Waals surface area (Å²) in [6.07, 6.45) is 3.76. The van der Waals surface area contributed by atoms with Crippen molar-refractivity contribution in [1.29, 1.82) is 0 Å². The van der Waals surface area contributed by atoms with E-state index in [0.29, 0.717) is 21.8 Å². The molecule has 174 valence electrons. The maximum absolute atomic E-state index is 12.5. The van der Waals surface area contributed by atoms with Crippen molar-refractivity contribution in [3.63, 3.8) is 0 Å². The highest BCUT2D eigenvalue weighted by atomic mass is 35.5. The summed E-state index contributed by atoms with van der Waals surface area (Å²) >= 11 is 6.28. The lowest BCUT2D eigenvalue weighted by molar-refractivity contribution is 0.0165. The number of benzene rings is 1. The first-order valence-electron chi connectivity index (χ1n) is 11.6. The van der Waals surface area contributed by atoms with Crippen molar-refractivity contribution in [1.82, 2.24) is 19.8 Å². The normalized spacial score (nSPS) is 19.4. The van der Waals surface area contributed by atoms with Gasteiger partial charge in [-0.15, -0.1) is 0 Å². The quantitative estimate of drug-likeness (QED) is 0.734. The van der Waals surface area contributed by atoms with E-state index in [1.54, 1.807) is 18.2 Å². The fourth-order valence-corrected chi connectivity index (χ4v) is 4.93. The van der Waals surface area contributed by atoms with E-state index in [-0.39, 0.29) is 17.6 Å². The van der Waals surface area contributed by atoms with Crippen molar-refractivity contribution >= 4 is 28.6 Å². The van der Waals surface area contributed by atoms with Crippen LogP contribution in [-0.4, -0.2) is 64.2 Å². The van der Waals surface area contributed by atoms with Gasteiger partial charge < -0.3 is 19.5 Å². The Bertz CT molecular complexity index is 1020. The predicted octanol–water partition coefficient (Wildman–Crippen LogP) is 4.40. The van der Waals surface area contributed by atoms with E-state index in [0.717, 1.165) is 64.2 Å². The van der Waals surface area contributed by atoms with E-state index in [1.807, 2.05) is 25.7 Å². The van der Waals surface area contributed by atoms with Crippen molar-refractivity contribution < 1.29 is 9.53 Å². The first-order chi connectivity index (χ1) is 15.2. The zero-order valence-corrected chi connectivity index (χ0v) is 20.0. The average molecular weight is 461 g/mol. The molecular formula is C24H33ClN4O3. The number of aromatic amines is 1. The molecule has 0 spiro atoms. The molecule has 8 heteroatoms. The van der Waals surface area contributed by atoms with Gasteiger partial charge in [-0.25, -0.2) is 9.78 Å². The van der Waals surface area contributed by atoms with Crippen LogP contribution in [0.5, 0.6) is 0 Å².